The second-order valence-electron chi connectivity index (χ2n) is 4.99. The first kappa shape index (κ1) is 17.6. The normalized spacial score (nSPS) is 10.4. The molecule has 2 N–H and O–H groups in total. The molecule has 0 aliphatic heterocycles. The molecule has 2 rings (SSSR count). The highest BCUT2D eigenvalue weighted by Gasteiger charge is 2.04. The predicted molar refractivity (Wildman–Crippen MR) is 93.4 cm³/mol. The van der Waals surface area contributed by atoms with Gasteiger partial charge in [0.1, 0.15) is 5.75 Å². The van der Waals surface area contributed by atoms with E-state index in [0.717, 1.165) is 5.56 Å². The molecule has 6 heteroatoms. The van der Waals surface area contributed by atoms with Gasteiger partial charge in [0.25, 0.3) is 11.8 Å². The van der Waals surface area contributed by atoms with E-state index in [0.29, 0.717) is 16.3 Å². The fourth-order valence-corrected chi connectivity index (χ4v) is 1.97. The van der Waals surface area contributed by atoms with Crippen molar-refractivity contribution in [3.63, 3.8) is 0 Å². The molecule has 2 aromatic carbocycles. The molecule has 2 amide bonds. The Morgan fingerprint density at radius 2 is 1.79 bits per heavy atom. The van der Waals surface area contributed by atoms with Crippen LogP contribution in [0.2, 0.25) is 5.02 Å². The second kappa shape index (κ2) is 8.74. The van der Waals surface area contributed by atoms with E-state index >= 15 is 0 Å². The standard InChI is InChI=1S/C18H17ClN2O3/c1-13-6-9-15(10-7-13)24-12-18(23)21-20-17(22)11-8-14-4-2-3-5-16(14)19/h2-11H,12H2,1H3,(H,20,22)(H,21,23)/b11-8+. The zero-order valence-electron chi connectivity index (χ0n) is 13.1. The lowest BCUT2D eigenvalue weighted by molar-refractivity contribution is -0.128. The molecule has 0 atom stereocenters. The highest BCUT2D eigenvalue weighted by atomic mass is 35.5. The maximum atomic E-state index is 11.6. The molecule has 0 aromatic heterocycles. The fourth-order valence-electron chi connectivity index (χ4n) is 1.77. The van der Waals surface area contributed by atoms with Gasteiger partial charge in [0.2, 0.25) is 0 Å². The lowest BCUT2D eigenvalue weighted by Gasteiger charge is -2.07. The highest BCUT2D eigenvalue weighted by Crippen LogP contribution is 2.16. The smallest absolute Gasteiger partial charge is 0.276 e. The van der Waals surface area contributed by atoms with Crippen LogP contribution in [0.5, 0.6) is 5.75 Å². The van der Waals surface area contributed by atoms with Gasteiger partial charge < -0.3 is 4.74 Å². The van der Waals surface area contributed by atoms with Crippen molar-refractivity contribution in [3.05, 3.63) is 70.8 Å². The van der Waals surface area contributed by atoms with E-state index in [-0.39, 0.29) is 6.61 Å². The Morgan fingerprint density at radius 1 is 1.08 bits per heavy atom. The maximum absolute atomic E-state index is 11.6. The topological polar surface area (TPSA) is 67.4 Å². The number of nitrogens with one attached hydrogen (secondary N) is 2. The van der Waals surface area contributed by atoms with Gasteiger partial charge in [0, 0.05) is 11.1 Å². The minimum Gasteiger partial charge on any atom is -0.484 e. The summed E-state index contributed by atoms with van der Waals surface area (Å²) in [6.07, 6.45) is 2.84. The van der Waals surface area contributed by atoms with Gasteiger partial charge in [-0.2, -0.15) is 0 Å². The van der Waals surface area contributed by atoms with E-state index in [2.05, 4.69) is 10.9 Å². The van der Waals surface area contributed by atoms with Crippen molar-refractivity contribution in [1.82, 2.24) is 10.9 Å². The lowest BCUT2D eigenvalue weighted by Crippen LogP contribution is -2.43. The van der Waals surface area contributed by atoms with Gasteiger partial charge in [-0.05, 0) is 36.8 Å². The SMILES string of the molecule is Cc1ccc(OCC(=O)NNC(=O)/C=C/c2ccccc2Cl)cc1. The number of hydrogen-bond acceptors (Lipinski definition) is 3. The first-order chi connectivity index (χ1) is 11.5. The van der Waals surface area contributed by atoms with Gasteiger partial charge in [-0.1, -0.05) is 47.5 Å². The van der Waals surface area contributed by atoms with Crippen molar-refractivity contribution < 1.29 is 14.3 Å². The Balaban J connectivity index is 1.74. The first-order valence-corrected chi connectivity index (χ1v) is 7.63. The molecule has 0 radical (unpaired) electrons. The van der Waals surface area contributed by atoms with Crippen LogP contribution in [0.15, 0.2) is 54.6 Å². The third kappa shape index (κ3) is 5.78. The number of hydrazine groups is 1. The summed E-state index contributed by atoms with van der Waals surface area (Å²) in [6.45, 7) is 1.76. The van der Waals surface area contributed by atoms with E-state index < -0.39 is 11.8 Å². The number of halogens is 1. The monoisotopic (exact) mass is 344 g/mol. The van der Waals surface area contributed by atoms with E-state index in [1.165, 1.54) is 6.08 Å². The third-order valence-electron chi connectivity index (χ3n) is 3.04. The van der Waals surface area contributed by atoms with Crippen molar-refractivity contribution in [3.8, 4) is 5.75 Å². The number of aryl methyl sites for hydroxylation is 1. The molecule has 0 saturated carbocycles. The summed E-state index contributed by atoms with van der Waals surface area (Å²) >= 11 is 5.98. The molecule has 0 aliphatic carbocycles. The predicted octanol–water partition coefficient (Wildman–Crippen LogP) is 2.89. The molecule has 0 fully saturated rings. The molecule has 0 aliphatic rings. The largest absolute Gasteiger partial charge is 0.484 e. The van der Waals surface area contributed by atoms with Gasteiger partial charge in [-0.15, -0.1) is 0 Å². The Labute approximate surface area is 145 Å². The molecule has 124 valence electrons. The molecule has 0 saturated heterocycles. The van der Waals surface area contributed by atoms with Crippen molar-refractivity contribution in [1.29, 1.82) is 0 Å². The fraction of sp³-hybridized carbons (Fsp3) is 0.111. The van der Waals surface area contributed by atoms with Crippen LogP contribution in [0.4, 0.5) is 0 Å². The lowest BCUT2D eigenvalue weighted by atomic mass is 10.2. The van der Waals surface area contributed by atoms with Crippen LogP contribution in [0, 0.1) is 6.92 Å². The van der Waals surface area contributed by atoms with E-state index in [4.69, 9.17) is 16.3 Å². The van der Waals surface area contributed by atoms with Crippen LogP contribution >= 0.6 is 11.6 Å². The van der Waals surface area contributed by atoms with Crippen LogP contribution < -0.4 is 15.6 Å². The van der Waals surface area contributed by atoms with Crippen molar-refractivity contribution in [2.75, 3.05) is 6.61 Å². The van der Waals surface area contributed by atoms with Crippen LogP contribution in [-0.2, 0) is 9.59 Å². The third-order valence-corrected chi connectivity index (χ3v) is 3.38. The Hall–Kier alpha value is -2.79. The minimum atomic E-state index is -0.474. The molecule has 24 heavy (non-hydrogen) atoms. The summed E-state index contributed by atoms with van der Waals surface area (Å²) < 4.78 is 5.30. The molecule has 5 nitrogen and oxygen atoms in total. The number of benzene rings is 2. The van der Waals surface area contributed by atoms with E-state index in [1.807, 2.05) is 25.1 Å². The van der Waals surface area contributed by atoms with Crippen LogP contribution in [0.3, 0.4) is 0 Å². The van der Waals surface area contributed by atoms with Crippen molar-refractivity contribution in [2.24, 2.45) is 0 Å². The van der Waals surface area contributed by atoms with Crippen molar-refractivity contribution in [2.45, 2.75) is 6.92 Å². The molecule has 0 unspecified atom stereocenters. The summed E-state index contributed by atoms with van der Waals surface area (Å²) in [5.74, 6) is -0.352. The number of rotatable bonds is 5. The zero-order valence-corrected chi connectivity index (χ0v) is 13.8. The summed E-state index contributed by atoms with van der Waals surface area (Å²) in [5, 5.41) is 0.539. The minimum absolute atomic E-state index is 0.197. The molecule has 0 heterocycles. The Morgan fingerprint density at radius 3 is 2.50 bits per heavy atom. The summed E-state index contributed by atoms with van der Waals surface area (Å²) in [5.41, 5.74) is 6.35. The van der Waals surface area contributed by atoms with Gasteiger partial charge in [0.05, 0.1) is 0 Å². The average molecular weight is 345 g/mol. The molecule has 2 aromatic rings. The molecule has 0 spiro atoms. The second-order valence-corrected chi connectivity index (χ2v) is 5.40. The van der Waals surface area contributed by atoms with Crippen LogP contribution in [0.25, 0.3) is 6.08 Å². The number of hydrogen-bond donors (Lipinski definition) is 2. The molecular formula is C18H17ClN2O3. The van der Waals surface area contributed by atoms with Gasteiger partial charge in [-0.25, -0.2) is 0 Å². The Bertz CT molecular complexity index is 742. The summed E-state index contributed by atoms with van der Waals surface area (Å²) in [4.78, 5) is 23.3. The Kier molecular flexibility index (Phi) is 6.40. The van der Waals surface area contributed by atoms with Crippen LogP contribution in [-0.4, -0.2) is 18.4 Å². The number of amides is 2. The summed E-state index contributed by atoms with van der Waals surface area (Å²) in [7, 11) is 0. The number of carbonyl (C=O) groups excluding carboxylic acids is 2. The van der Waals surface area contributed by atoms with Gasteiger partial charge >= 0.3 is 0 Å². The molecule has 0 bridgehead atoms. The van der Waals surface area contributed by atoms with Gasteiger partial charge in [0.15, 0.2) is 6.61 Å². The summed E-state index contributed by atoms with van der Waals surface area (Å²) in [6, 6.07) is 14.4. The van der Waals surface area contributed by atoms with Gasteiger partial charge in [-0.3, -0.25) is 20.4 Å². The first-order valence-electron chi connectivity index (χ1n) is 7.25. The van der Waals surface area contributed by atoms with Crippen molar-refractivity contribution >= 4 is 29.5 Å². The molecular weight excluding hydrogens is 328 g/mol. The van der Waals surface area contributed by atoms with E-state index in [1.54, 1.807) is 36.4 Å². The quantitative estimate of drug-likeness (QED) is 0.647. The average Bonchev–Trinajstić information content (AvgIpc) is 2.58. The van der Waals surface area contributed by atoms with E-state index in [9.17, 15) is 9.59 Å². The number of carbonyl (C=O) groups is 2. The van der Waals surface area contributed by atoms with Crippen LogP contribution in [0.1, 0.15) is 11.1 Å². The number of ether oxygens (including phenoxy) is 1. The zero-order chi connectivity index (χ0) is 17.4. The maximum Gasteiger partial charge on any atom is 0.276 e. The highest BCUT2D eigenvalue weighted by molar-refractivity contribution is 6.32.